The largest absolute Gasteiger partial charge is 0.361 e. The molecule has 0 saturated carbocycles. The predicted octanol–water partition coefficient (Wildman–Crippen LogP) is 3.27. The van der Waals surface area contributed by atoms with Gasteiger partial charge in [-0.2, -0.15) is 0 Å². The molecule has 0 aliphatic heterocycles. The molecule has 0 unspecified atom stereocenters. The Morgan fingerprint density at radius 2 is 1.80 bits per heavy atom. The molecule has 1 amide bonds. The van der Waals surface area contributed by atoms with Crippen molar-refractivity contribution in [1.29, 1.82) is 0 Å². The van der Waals surface area contributed by atoms with Crippen LogP contribution in [0.4, 0.5) is 0 Å². The first-order valence-electron chi connectivity index (χ1n) is 7.51. The third kappa shape index (κ3) is 4.66. The molecule has 0 saturated heterocycles. The number of aryl methyl sites for hydroxylation is 2. The summed E-state index contributed by atoms with van der Waals surface area (Å²) in [5, 5.41) is 6.96. The second kappa shape index (κ2) is 7.46. The number of hydrogen-bond acceptors (Lipinski definition) is 3. The molecule has 20 heavy (non-hydrogen) atoms. The molecule has 1 aromatic rings. The average Bonchev–Trinajstić information content (AvgIpc) is 2.66. The highest BCUT2D eigenvalue weighted by Gasteiger charge is 2.18. The molecular weight excluding hydrogens is 252 g/mol. The molecule has 0 atom stereocenters. The molecule has 1 rings (SSSR count). The third-order valence-electron chi connectivity index (χ3n) is 4.03. The van der Waals surface area contributed by atoms with Gasteiger partial charge in [-0.05, 0) is 38.0 Å². The zero-order chi connectivity index (χ0) is 15.3. The van der Waals surface area contributed by atoms with E-state index in [0.29, 0.717) is 30.6 Å². The third-order valence-corrected chi connectivity index (χ3v) is 4.03. The van der Waals surface area contributed by atoms with Gasteiger partial charge in [0.05, 0.1) is 5.69 Å². The summed E-state index contributed by atoms with van der Waals surface area (Å²) in [5.74, 6) is 2.61. The highest BCUT2D eigenvalue weighted by atomic mass is 16.5. The number of rotatable bonds is 7. The lowest BCUT2D eigenvalue weighted by molar-refractivity contribution is -0.121. The van der Waals surface area contributed by atoms with Crippen molar-refractivity contribution in [2.24, 2.45) is 17.8 Å². The quantitative estimate of drug-likeness (QED) is 0.834. The second-order valence-electron chi connectivity index (χ2n) is 6.26. The van der Waals surface area contributed by atoms with E-state index < -0.39 is 0 Å². The Labute approximate surface area is 122 Å². The van der Waals surface area contributed by atoms with Crippen LogP contribution in [0.25, 0.3) is 0 Å². The van der Waals surface area contributed by atoms with Gasteiger partial charge in [0.1, 0.15) is 5.76 Å². The van der Waals surface area contributed by atoms with E-state index in [-0.39, 0.29) is 5.91 Å². The molecule has 0 aliphatic rings. The number of carbonyl (C=O) groups excluding carboxylic acids is 1. The van der Waals surface area contributed by atoms with Crippen LogP contribution >= 0.6 is 0 Å². The van der Waals surface area contributed by atoms with E-state index in [9.17, 15) is 4.79 Å². The Bertz CT molecular complexity index is 408. The first-order chi connectivity index (χ1) is 9.32. The summed E-state index contributed by atoms with van der Waals surface area (Å²) in [4.78, 5) is 11.9. The van der Waals surface area contributed by atoms with Crippen LogP contribution in [0.15, 0.2) is 4.52 Å². The van der Waals surface area contributed by atoms with Crippen molar-refractivity contribution >= 4 is 5.91 Å². The van der Waals surface area contributed by atoms with Crippen molar-refractivity contribution < 1.29 is 9.32 Å². The van der Waals surface area contributed by atoms with Gasteiger partial charge in [0.2, 0.25) is 5.91 Å². The van der Waals surface area contributed by atoms with Crippen LogP contribution in [-0.4, -0.2) is 17.6 Å². The summed E-state index contributed by atoms with van der Waals surface area (Å²) >= 11 is 0. The van der Waals surface area contributed by atoms with E-state index in [2.05, 4.69) is 38.2 Å². The molecular formula is C16H28N2O2. The van der Waals surface area contributed by atoms with Crippen LogP contribution in [0.3, 0.4) is 0 Å². The lowest BCUT2D eigenvalue weighted by Crippen LogP contribution is -2.34. The van der Waals surface area contributed by atoms with Crippen LogP contribution in [-0.2, 0) is 11.2 Å². The van der Waals surface area contributed by atoms with Crippen LogP contribution in [0.5, 0.6) is 0 Å². The van der Waals surface area contributed by atoms with Gasteiger partial charge in [-0.1, -0.05) is 32.9 Å². The molecule has 4 nitrogen and oxygen atoms in total. The Kier molecular flexibility index (Phi) is 6.24. The summed E-state index contributed by atoms with van der Waals surface area (Å²) in [5.41, 5.74) is 1.95. The van der Waals surface area contributed by atoms with E-state index in [1.807, 2.05) is 13.8 Å². The van der Waals surface area contributed by atoms with E-state index >= 15 is 0 Å². The zero-order valence-electron chi connectivity index (χ0n) is 13.6. The summed E-state index contributed by atoms with van der Waals surface area (Å²) < 4.78 is 5.11. The standard InChI is InChI=1S/C16H28N2O2/c1-10(2)15(11(3)4)9-17-16(19)8-7-14-12(5)18-20-13(14)6/h10-11,15H,7-9H2,1-6H3,(H,17,19). The lowest BCUT2D eigenvalue weighted by atomic mass is 9.85. The molecule has 0 bridgehead atoms. The van der Waals surface area contributed by atoms with E-state index in [1.165, 1.54) is 0 Å². The van der Waals surface area contributed by atoms with Gasteiger partial charge in [0.15, 0.2) is 0 Å². The lowest BCUT2D eigenvalue weighted by Gasteiger charge is -2.25. The Morgan fingerprint density at radius 1 is 1.20 bits per heavy atom. The fraction of sp³-hybridized carbons (Fsp3) is 0.750. The van der Waals surface area contributed by atoms with Crippen molar-refractivity contribution in [3.63, 3.8) is 0 Å². The van der Waals surface area contributed by atoms with Gasteiger partial charge in [-0.3, -0.25) is 4.79 Å². The van der Waals surface area contributed by atoms with Gasteiger partial charge < -0.3 is 9.84 Å². The number of hydrogen-bond donors (Lipinski definition) is 1. The molecule has 114 valence electrons. The SMILES string of the molecule is Cc1noc(C)c1CCC(=O)NCC(C(C)C)C(C)C. The molecule has 0 radical (unpaired) electrons. The molecule has 0 fully saturated rings. The number of nitrogens with one attached hydrogen (secondary N) is 1. The van der Waals surface area contributed by atoms with E-state index in [0.717, 1.165) is 23.6 Å². The minimum Gasteiger partial charge on any atom is -0.361 e. The summed E-state index contributed by atoms with van der Waals surface area (Å²) in [6.45, 7) is 13.4. The van der Waals surface area contributed by atoms with Crippen molar-refractivity contribution in [1.82, 2.24) is 10.5 Å². The maximum absolute atomic E-state index is 11.9. The number of nitrogens with zero attached hydrogens (tertiary/aromatic N) is 1. The van der Waals surface area contributed by atoms with Crippen molar-refractivity contribution in [2.75, 3.05) is 6.54 Å². The fourth-order valence-corrected chi connectivity index (χ4v) is 2.66. The Balaban J connectivity index is 2.41. The van der Waals surface area contributed by atoms with E-state index in [4.69, 9.17) is 4.52 Å². The van der Waals surface area contributed by atoms with Crippen LogP contribution < -0.4 is 5.32 Å². The Hall–Kier alpha value is -1.32. The van der Waals surface area contributed by atoms with E-state index in [1.54, 1.807) is 0 Å². The molecule has 4 heteroatoms. The smallest absolute Gasteiger partial charge is 0.220 e. The minimum atomic E-state index is 0.108. The number of amides is 1. The van der Waals surface area contributed by atoms with Crippen molar-refractivity contribution in [3.8, 4) is 0 Å². The number of aromatic nitrogens is 1. The maximum Gasteiger partial charge on any atom is 0.220 e. The topological polar surface area (TPSA) is 55.1 Å². The fourth-order valence-electron chi connectivity index (χ4n) is 2.66. The maximum atomic E-state index is 11.9. The first-order valence-corrected chi connectivity index (χ1v) is 7.51. The average molecular weight is 280 g/mol. The van der Waals surface area contributed by atoms with Gasteiger partial charge in [0, 0.05) is 18.5 Å². The summed E-state index contributed by atoms with van der Waals surface area (Å²) in [6.07, 6.45) is 1.19. The van der Waals surface area contributed by atoms with Crippen LogP contribution in [0, 0.1) is 31.6 Å². The molecule has 0 aromatic carbocycles. The van der Waals surface area contributed by atoms with Gasteiger partial charge in [-0.15, -0.1) is 0 Å². The highest BCUT2D eigenvalue weighted by molar-refractivity contribution is 5.76. The minimum absolute atomic E-state index is 0.108. The first kappa shape index (κ1) is 16.7. The van der Waals surface area contributed by atoms with Gasteiger partial charge in [-0.25, -0.2) is 0 Å². The van der Waals surface area contributed by atoms with Gasteiger partial charge >= 0.3 is 0 Å². The Morgan fingerprint density at radius 3 is 2.25 bits per heavy atom. The highest BCUT2D eigenvalue weighted by Crippen LogP contribution is 2.19. The molecule has 1 N–H and O–H groups in total. The molecule has 0 aliphatic carbocycles. The number of carbonyl (C=O) groups is 1. The van der Waals surface area contributed by atoms with Gasteiger partial charge in [0.25, 0.3) is 0 Å². The normalized spacial score (nSPS) is 11.7. The summed E-state index contributed by atoms with van der Waals surface area (Å²) in [7, 11) is 0. The van der Waals surface area contributed by atoms with Crippen molar-refractivity contribution in [3.05, 3.63) is 17.0 Å². The summed E-state index contributed by atoms with van der Waals surface area (Å²) in [6, 6.07) is 0. The second-order valence-corrected chi connectivity index (χ2v) is 6.26. The van der Waals surface area contributed by atoms with Crippen LogP contribution in [0.2, 0.25) is 0 Å². The van der Waals surface area contributed by atoms with Crippen molar-refractivity contribution in [2.45, 2.75) is 54.4 Å². The molecule has 1 aromatic heterocycles. The predicted molar refractivity (Wildman–Crippen MR) is 80.5 cm³/mol. The zero-order valence-corrected chi connectivity index (χ0v) is 13.6. The molecule has 1 heterocycles. The monoisotopic (exact) mass is 280 g/mol. The molecule has 0 spiro atoms. The van der Waals surface area contributed by atoms with Crippen LogP contribution in [0.1, 0.15) is 51.1 Å².